The summed E-state index contributed by atoms with van der Waals surface area (Å²) in [6, 6.07) is 6.21. The quantitative estimate of drug-likeness (QED) is 0.872. The van der Waals surface area contributed by atoms with Crippen molar-refractivity contribution in [3.63, 3.8) is 0 Å². The second-order valence-electron chi connectivity index (χ2n) is 5.81. The minimum atomic E-state index is -3.14. The Morgan fingerprint density at radius 2 is 2.12 bits per heavy atom. The van der Waals surface area contributed by atoms with Crippen LogP contribution in [-0.4, -0.2) is 48.5 Å². The number of nitrogens with zero attached hydrogens (tertiary/aromatic N) is 2. The van der Waals surface area contributed by atoms with Gasteiger partial charge in [-0.1, -0.05) is 17.7 Å². The molecule has 1 fully saturated rings. The molecule has 3 rings (SSSR count). The van der Waals surface area contributed by atoms with Crippen LogP contribution in [-0.2, 0) is 19.4 Å². The molecule has 1 aromatic rings. The number of hydrogen-bond donors (Lipinski definition) is 1. The van der Waals surface area contributed by atoms with E-state index in [0.717, 1.165) is 0 Å². The van der Waals surface area contributed by atoms with Crippen molar-refractivity contribution in [2.45, 2.75) is 25.3 Å². The number of sulfone groups is 1. The lowest BCUT2D eigenvalue weighted by Gasteiger charge is -2.27. The van der Waals surface area contributed by atoms with E-state index in [-0.39, 0.29) is 36.0 Å². The van der Waals surface area contributed by atoms with E-state index in [9.17, 15) is 18.0 Å². The molecule has 2 aliphatic heterocycles. The summed E-state index contributed by atoms with van der Waals surface area (Å²) in [5.41, 5.74) is 0.737. The standard InChI is InChI=1S/C15H16ClN3O4S/c16-10-2-1-3-11(8-10)17-15(21)13-4-5-14(20)19(18-13)12-6-7-24(22,23)9-12/h1-3,8,12H,4-7,9H2,(H,17,21). The molecule has 128 valence electrons. The van der Waals surface area contributed by atoms with E-state index >= 15 is 0 Å². The molecule has 1 atom stereocenters. The molecule has 1 N–H and O–H groups in total. The Morgan fingerprint density at radius 3 is 2.79 bits per heavy atom. The van der Waals surface area contributed by atoms with Crippen LogP contribution in [0.5, 0.6) is 0 Å². The maximum Gasteiger partial charge on any atom is 0.271 e. The first-order valence-corrected chi connectivity index (χ1v) is 9.71. The zero-order valence-electron chi connectivity index (χ0n) is 12.7. The van der Waals surface area contributed by atoms with E-state index in [1.54, 1.807) is 24.3 Å². The SMILES string of the molecule is O=C(Nc1cccc(Cl)c1)C1=NN(C2CCS(=O)(=O)C2)C(=O)CC1. The van der Waals surface area contributed by atoms with Crippen molar-refractivity contribution in [1.29, 1.82) is 0 Å². The smallest absolute Gasteiger partial charge is 0.271 e. The Labute approximate surface area is 144 Å². The third-order valence-electron chi connectivity index (χ3n) is 3.96. The van der Waals surface area contributed by atoms with Gasteiger partial charge in [0, 0.05) is 23.6 Å². The Hall–Kier alpha value is -1.93. The lowest BCUT2D eigenvalue weighted by Crippen LogP contribution is -2.42. The predicted molar refractivity (Wildman–Crippen MR) is 90.7 cm³/mol. The summed E-state index contributed by atoms with van der Waals surface area (Å²) in [6.45, 7) is 0. The number of hydrazone groups is 1. The van der Waals surface area contributed by atoms with Gasteiger partial charge in [0.05, 0.1) is 17.5 Å². The monoisotopic (exact) mass is 369 g/mol. The molecule has 1 unspecified atom stereocenters. The van der Waals surface area contributed by atoms with Gasteiger partial charge < -0.3 is 5.32 Å². The average Bonchev–Trinajstić information content (AvgIpc) is 2.87. The van der Waals surface area contributed by atoms with Gasteiger partial charge in [-0.25, -0.2) is 13.4 Å². The molecule has 2 aliphatic rings. The molecule has 0 aliphatic carbocycles. The molecule has 7 nitrogen and oxygen atoms in total. The van der Waals surface area contributed by atoms with Crippen LogP contribution in [0, 0.1) is 0 Å². The topological polar surface area (TPSA) is 95.9 Å². The van der Waals surface area contributed by atoms with Crippen LogP contribution in [0.25, 0.3) is 0 Å². The van der Waals surface area contributed by atoms with Crippen molar-refractivity contribution < 1.29 is 18.0 Å². The van der Waals surface area contributed by atoms with Gasteiger partial charge in [0.2, 0.25) is 5.91 Å². The largest absolute Gasteiger partial charge is 0.321 e. The van der Waals surface area contributed by atoms with Crippen LogP contribution in [0.2, 0.25) is 5.02 Å². The van der Waals surface area contributed by atoms with Crippen LogP contribution in [0.15, 0.2) is 29.4 Å². The van der Waals surface area contributed by atoms with E-state index < -0.39 is 21.8 Å². The van der Waals surface area contributed by atoms with Crippen molar-refractivity contribution in [3.05, 3.63) is 29.3 Å². The fraction of sp³-hybridized carbons (Fsp3) is 0.400. The van der Waals surface area contributed by atoms with Crippen molar-refractivity contribution in [1.82, 2.24) is 5.01 Å². The number of carbonyl (C=O) groups is 2. The number of halogens is 1. The summed E-state index contributed by atoms with van der Waals surface area (Å²) < 4.78 is 23.2. The number of hydrogen-bond acceptors (Lipinski definition) is 5. The molecule has 2 heterocycles. The highest BCUT2D eigenvalue weighted by molar-refractivity contribution is 7.91. The number of carbonyl (C=O) groups excluding carboxylic acids is 2. The van der Waals surface area contributed by atoms with Crippen LogP contribution in [0.3, 0.4) is 0 Å². The first-order valence-electron chi connectivity index (χ1n) is 7.51. The summed E-state index contributed by atoms with van der Waals surface area (Å²) in [7, 11) is -3.14. The molecular weight excluding hydrogens is 354 g/mol. The Kier molecular flexibility index (Phi) is 4.60. The highest BCUT2D eigenvalue weighted by atomic mass is 35.5. The lowest BCUT2D eigenvalue weighted by atomic mass is 10.1. The van der Waals surface area contributed by atoms with E-state index in [4.69, 9.17) is 11.6 Å². The lowest BCUT2D eigenvalue weighted by molar-refractivity contribution is -0.133. The molecule has 0 bridgehead atoms. The molecule has 2 amide bonds. The van der Waals surface area contributed by atoms with Gasteiger partial charge in [-0.3, -0.25) is 9.59 Å². The van der Waals surface area contributed by atoms with Crippen molar-refractivity contribution in [2.24, 2.45) is 5.10 Å². The number of anilines is 1. The van der Waals surface area contributed by atoms with Crippen LogP contribution < -0.4 is 5.32 Å². The molecule has 0 spiro atoms. The van der Waals surface area contributed by atoms with E-state index in [1.165, 1.54) is 5.01 Å². The zero-order valence-corrected chi connectivity index (χ0v) is 14.3. The van der Waals surface area contributed by atoms with Crippen LogP contribution >= 0.6 is 11.6 Å². The van der Waals surface area contributed by atoms with Gasteiger partial charge >= 0.3 is 0 Å². The molecule has 0 saturated carbocycles. The van der Waals surface area contributed by atoms with E-state index in [1.807, 2.05) is 0 Å². The van der Waals surface area contributed by atoms with Gasteiger partial charge in [-0.15, -0.1) is 0 Å². The van der Waals surface area contributed by atoms with Crippen molar-refractivity contribution in [3.8, 4) is 0 Å². The normalized spacial score (nSPS) is 23.0. The molecule has 0 radical (unpaired) electrons. The van der Waals surface area contributed by atoms with E-state index in [2.05, 4.69) is 10.4 Å². The minimum Gasteiger partial charge on any atom is -0.321 e. The summed E-state index contributed by atoms with van der Waals surface area (Å²) >= 11 is 5.88. The minimum absolute atomic E-state index is 0.0427. The number of rotatable bonds is 3. The third-order valence-corrected chi connectivity index (χ3v) is 5.94. The molecule has 0 aromatic heterocycles. The Balaban J connectivity index is 1.76. The van der Waals surface area contributed by atoms with E-state index in [0.29, 0.717) is 17.1 Å². The number of benzene rings is 1. The van der Waals surface area contributed by atoms with Crippen LogP contribution in [0.4, 0.5) is 5.69 Å². The summed E-state index contributed by atoms with van der Waals surface area (Å²) in [4.78, 5) is 24.4. The number of amides is 2. The molecular formula is C15H16ClN3O4S. The molecule has 24 heavy (non-hydrogen) atoms. The van der Waals surface area contributed by atoms with Crippen LogP contribution in [0.1, 0.15) is 19.3 Å². The Bertz CT molecular complexity index is 822. The van der Waals surface area contributed by atoms with Crippen molar-refractivity contribution >= 4 is 44.7 Å². The molecule has 1 saturated heterocycles. The highest BCUT2D eigenvalue weighted by Gasteiger charge is 2.37. The maximum atomic E-state index is 12.3. The second-order valence-corrected chi connectivity index (χ2v) is 8.47. The fourth-order valence-corrected chi connectivity index (χ4v) is 4.64. The average molecular weight is 370 g/mol. The molecule has 9 heteroatoms. The first kappa shape index (κ1) is 16.9. The number of nitrogens with one attached hydrogen (secondary N) is 1. The third kappa shape index (κ3) is 3.76. The summed E-state index contributed by atoms with van der Waals surface area (Å²) in [6.07, 6.45) is 0.709. The zero-order chi connectivity index (χ0) is 17.3. The first-order chi connectivity index (χ1) is 11.3. The maximum absolute atomic E-state index is 12.3. The Morgan fingerprint density at radius 1 is 1.33 bits per heavy atom. The van der Waals surface area contributed by atoms with Gasteiger partial charge in [-0.05, 0) is 24.6 Å². The van der Waals surface area contributed by atoms with Gasteiger partial charge in [0.15, 0.2) is 9.84 Å². The van der Waals surface area contributed by atoms with Gasteiger partial charge in [0.25, 0.3) is 5.91 Å². The van der Waals surface area contributed by atoms with Gasteiger partial charge in [-0.2, -0.15) is 5.10 Å². The second kappa shape index (κ2) is 6.52. The fourth-order valence-electron chi connectivity index (χ4n) is 2.76. The summed E-state index contributed by atoms with van der Waals surface area (Å²) in [5.74, 6) is -0.737. The summed E-state index contributed by atoms with van der Waals surface area (Å²) in [5, 5.41) is 8.46. The predicted octanol–water partition coefficient (Wildman–Crippen LogP) is 1.44. The highest BCUT2D eigenvalue weighted by Crippen LogP contribution is 2.22. The van der Waals surface area contributed by atoms with Gasteiger partial charge in [0.1, 0.15) is 5.71 Å². The molecule has 1 aromatic carbocycles. The van der Waals surface area contributed by atoms with Crippen molar-refractivity contribution in [2.75, 3.05) is 16.8 Å².